The number of amides is 2. The Bertz CT molecular complexity index is 930. The van der Waals surface area contributed by atoms with E-state index in [0.717, 1.165) is 31.2 Å². The molecule has 2 fully saturated rings. The van der Waals surface area contributed by atoms with Gasteiger partial charge in [0, 0.05) is 30.3 Å². The van der Waals surface area contributed by atoms with Gasteiger partial charge in [-0.15, -0.1) is 0 Å². The highest BCUT2D eigenvalue weighted by atomic mass is 16.6. The zero-order valence-corrected chi connectivity index (χ0v) is 15.3. The van der Waals surface area contributed by atoms with Gasteiger partial charge in [0.1, 0.15) is 0 Å². The number of hydrogen-bond acceptors (Lipinski definition) is 4. The molecule has 28 heavy (non-hydrogen) atoms. The van der Waals surface area contributed by atoms with Crippen LogP contribution in [0.4, 0.5) is 11.4 Å². The monoisotopic (exact) mass is 379 g/mol. The molecule has 4 rings (SSSR count). The lowest BCUT2D eigenvalue weighted by Gasteiger charge is -2.61. The van der Waals surface area contributed by atoms with Gasteiger partial charge in [-0.2, -0.15) is 0 Å². The minimum Gasteiger partial charge on any atom is -0.324 e. The van der Waals surface area contributed by atoms with Gasteiger partial charge in [-0.05, 0) is 24.5 Å². The van der Waals surface area contributed by atoms with E-state index in [-0.39, 0.29) is 11.4 Å². The van der Waals surface area contributed by atoms with E-state index in [1.165, 1.54) is 24.3 Å². The normalized spacial score (nSPS) is 23.3. The number of carbonyl (C=O) groups excluding carboxylic acids is 2. The molecule has 1 saturated heterocycles. The van der Waals surface area contributed by atoms with Crippen LogP contribution in [-0.4, -0.2) is 28.2 Å². The zero-order chi connectivity index (χ0) is 19.7. The van der Waals surface area contributed by atoms with Gasteiger partial charge in [-0.3, -0.25) is 19.7 Å². The van der Waals surface area contributed by atoms with Crippen LogP contribution in [-0.2, 0) is 15.1 Å². The number of nitro groups is 1. The van der Waals surface area contributed by atoms with Crippen molar-refractivity contribution < 1.29 is 14.5 Å². The Balaban J connectivity index is 1.56. The summed E-state index contributed by atoms with van der Waals surface area (Å²) in [6.45, 7) is 0.566. The fourth-order valence-electron chi connectivity index (χ4n) is 4.63. The van der Waals surface area contributed by atoms with E-state index in [1.54, 1.807) is 4.90 Å². The number of non-ortho nitro benzene ring substituents is 1. The molecule has 1 N–H and O–H groups in total. The van der Waals surface area contributed by atoms with Crippen LogP contribution < -0.4 is 5.32 Å². The molecule has 1 saturated carbocycles. The number of likely N-dealkylation sites (tertiary alicyclic amines) is 1. The first-order chi connectivity index (χ1) is 13.5. The summed E-state index contributed by atoms with van der Waals surface area (Å²) < 4.78 is 0. The third kappa shape index (κ3) is 2.93. The van der Waals surface area contributed by atoms with E-state index in [1.807, 2.05) is 30.3 Å². The molecule has 2 aliphatic rings. The molecule has 0 unspecified atom stereocenters. The Morgan fingerprint density at radius 2 is 1.89 bits per heavy atom. The number of carbonyl (C=O) groups is 2. The third-order valence-corrected chi connectivity index (χ3v) is 5.95. The molecule has 0 spiro atoms. The topological polar surface area (TPSA) is 92.5 Å². The fraction of sp³-hybridized carbons (Fsp3) is 0.333. The van der Waals surface area contributed by atoms with E-state index < -0.39 is 22.3 Å². The zero-order valence-electron chi connectivity index (χ0n) is 15.3. The number of anilines is 1. The SMILES string of the molecule is O=C(Nc1cccc([N+](=O)[O-])c1)C(=O)N1C[C@H]2CCCC[C@@]21c1ccccc1. The maximum Gasteiger partial charge on any atom is 0.313 e. The van der Waals surface area contributed by atoms with Crippen molar-refractivity contribution in [2.75, 3.05) is 11.9 Å². The lowest BCUT2D eigenvalue weighted by molar-refractivity contribution is -0.384. The van der Waals surface area contributed by atoms with Gasteiger partial charge in [-0.25, -0.2) is 0 Å². The van der Waals surface area contributed by atoms with Crippen molar-refractivity contribution in [2.24, 2.45) is 5.92 Å². The van der Waals surface area contributed by atoms with Gasteiger partial charge in [0.25, 0.3) is 5.69 Å². The number of nitro benzene ring substituents is 1. The van der Waals surface area contributed by atoms with Crippen LogP contribution in [0.15, 0.2) is 54.6 Å². The van der Waals surface area contributed by atoms with E-state index in [9.17, 15) is 19.7 Å². The van der Waals surface area contributed by atoms with Crippen LogP contribution in [0.5, 0.6) is 0 Å². The highest BCUT2D eigenvalue weighted by Crippen LogP contribution is 2.53. The van der Waals surface area contributed by atoms with E-state index in [2.05, 4.69) is 5.32 Å². The van der Waals surface area contributed by atoms with Gasteiger partial charge in [0.2, 0.25) is 0 Å². The Labute approximate surface area is 162 Å². The average Bonchev–Trinajstić information content (AvgIpc) is 2.69. The van der Waals surface area contributed by atoms with Crippen LogP contribution in [0.3, 0.4) is 0 Å². The van der Waals surface area contributed by atoms with E-state index in [4.69, 9.17) is 0 Å². The Hall–Kier alpha value is -3.22. The van der Waals surface area contributed by atoms with Crippen LogP contribution in [0.25, 0.3) is 0 Å². The number of benzene rings is 2. The van der Waals surface area contributed by atoms with Crippen molar-refractivity contribution in [2.45, 2.75) is 31.2 Å². The third-order valence-electron chi connectivity index (χ3n) is 5.95. The molecule has 2 aromatic carbocycles. The number of nitrogens with zero attached hydrogens (tertiary/aromatic N) is 2. The fourth-order valence-corrected chi connectivity index (χ4v) is 4.63. The lowest BCUT2D eigenvalue weighted by atomic mass is 9.61. The molecular weight excluding hydrogens is 358 g/mol. The Morgan fingerprint density at radius 3 is 2.61 bits per heavy atom. The van der Waals surface area contributed by atoms with Crippen molar-refractivity contribution in [1.29, 1.82) is 0 Å². The smallest absolute Gasteiger partial charge is 0.313 e. The average molecular weight is 379 g/mol. The molecular formula is C21H21N3O4. The summed E-state index contributed by atoms with van der Waals surface area (Å²) in [5, 5.41) is 13.4. The molecule has 2 atom stereocenters. The van der Waals surface area contributed by atoms with Gasteiger partial charge < -0.3 is 10.2 Å². The van der Waals surface area contributed by atoms with Gasteiger partial charge >= 0.3 is 11.8 Å². The Morgan fingerprint density at radius 1 is 1.11 bits per heavy atom. The van der Waals surface area contributed by atoms with Crippen molar-refractivity contribution >= 4 is 23.2 Å². The quantitative estimate of drug-likeness (QED) is 0.502. The molecule has 144 valence electrons. The molecule has 1 aliphatic heterocycles. The minimum absolute atomic E-state index is 0.137. The van der Waals surface area contributed by atoms with Crippen molar-refractivity contribution in [3.8, 4) is 0 Å². The van der Waals surface area contributed by atoms with Gasteiger partial charge in [0.15, 0.2) is 0 Å². The first-order valence-electron chi connectivity index (χ1n) is 9.45. The molecule has 2 amide bonds. The van der Waals surface area contributed by atoms with Crippen molar-refractivity contribution in [3.05, 3.63) is 70.3 Å². The number of hydrogen-bond donors (Lipinski definition) is 1. The second-order valence-corrected chi connectivity index (χ2v) is 7.41. The van der Waals surface area contributed by atoms with Crippen LogP contribution in [0, 0.1) is 16.0 Å². The molecule has 0 aromatic heterocycles. The maximum atomic E-state index is 13.0. The molecule has 0 bridgehead atoms. The first-order valence-corrected chi connectivity index (χ1v) is 9.45. The van der Waals surface area contributed by atoms with E-state index in [0.29, 0.717) is 12.5 Å². The molecule has 1 heterocycles. The second-order valence-electron chi connectivity index (χ2n) is 7.41. The largest absolute Gasteiger partial charge is 0.324 e. The summed E-state index contributed by atoms with van der Waals surface area (Å²) in [6.07, 6.45) is 4.05. The summed E-state index contributed by atoms with van der Waals surface area (Å²) in [5.74, 6) is -0.994. The maximum absolute atomic E-state index is 13.0. The molecule has 7 heteroatoms. The summed E-state index contributed by atoms with van der Waals surface area (Å²) in [7, 11) is 0. The number of rotatable bonds is 3. The van der Waals surface area contributed by atoms with E-state index >= 15 is 0 Å². The number of fused-ring (bicyclic) bond motifs is 1. The summed E-state index contributed by atoms with van der Waals surface area (Å²) >= 11 is 0. The molecule has 2 aromatic rings. The van der Waals surface area contributed by atoms with Crippen molar-refractivity contribution in [3.63, 3.8) is 0 Å². The van der Waals surface area contributed by atoms with Crippen LogP contribution >= 0.6 is 0 Å². The lowest BCUT2D eigenvalue weighted by Crippen LogP contribution is -2.69. The van der Waals surface area contributed by atoms with Gasteiger partial charge in [0.05, 0.1) is 10.5 Å². The summed E-state index contributed by atoms with van der Waals surface area (Å²) in [4.78, 5) is 37.6. The van der Waals surface area contributed by atoms with Crippen molar-refractivity contribution in [1.82, 2.24) is 4.90 Å². The summed E-state index contributed by atoms with van der Waals surface area (Å²) in [6, 6.07) is 15.5. The molecule has 1 aliphatic carbocycles. The highest BCUT2D eigenvalue weighted by Gasteiger charge is 2.57. The minimum atomic E-state index is -0.764. The Kier molecular flexibility index (Phi) is 4.58. The second kappa shape index (κ2) is 7.07. The van der Waals surface area contributed by atoms with Crippen LogP contribution in [0.1, 0.15) is 31.2 Å². The number of nitrogens with one attached hydrogen (secondary N) is 1. The molecule has 7 nitrogen and oxygen atoms in total. The molecule has 0 radical (unpaired) electrons. The van der Waals surface area contributed by atoms with Gasteiger partial charge in [-0.1, -0.05) is 49.2 Å². The predicted molar refractivity (Wildman–Crippen MR) is 104 cm³/mol. The highest BCUT2D eigenvalue weighted by molar-refractivity contribution is 6.39. The first kappa shape index (κ1) is 18.2. The standard InChI is InChI=1S/C21H21N3O4/c25-19(22-17-10-6-11-18(13-17)24(27)28)20(26)23-14-16-9-4-5-12-21(16,23)15-7-2-1-3-8-15/h1-3,6-8,10-11,13,16H,4-5,9,12,14H2,(H,22,25)/t16-,21-/m1/s1. The predicted octanol–water partition coefficient (Wildman–Crippen LogP) is 3.46. The summed E-state index contributed by atoms with van der Waals surface area (Å²) in [5.41, 5.74) is 0.753. The van der Waals surface area contributed by atoms with Crippen LogP contribution in [0.2, 0.25) is 0 Å².